The molecule has 150 valence electrons. The minimum Gasteiger partial charge on any atom is -0.385 e. The van der Waals surface area contributed by atoms with E-state index in [0.29, 0.717) is 39.3 Å². The molecular formula is C20H32N4O3. The van der Waals surface area contributed by atoms with Gasteiger partial charge in [-0.2, -0.15) is 0 Å². The number of nitrogens with one attached hydrogen (secondary N) is 1. The number of aryl methyl sites for hydroxylation is 1. The van der Waals surface area contributed by atoms with E-state index in [1.165, 1.54) is 0 Å². The zero-order chi connectivity index (χ0) is 19.8. The van der Waals surface area contributed by atoms with Crippen molar-refractivity contribution >= 4 is 11.8 Å². The van der Waals surface area contributed by atoms with Crippen molar-refractivity contribution in [2.75, 3.05) is 46.4 Å². The first-order valence-corrected chi connectivity index (χ1v) is 9.55. The van der Waals surface area contributed by atoms with Gasteiger partial charge >= 0.3 is 0 Å². The number of nitrogens with two attached hydrogens (primary N) is 1. The van der Waals surface area contributed by atoms with Crippen molar-refractivity contribution in [1.82, 2.24) is 15.1 Å². The van der Waals surface area contributed by atoms with Crippen LogP contribution >= 0.6 is 0 Å². The number of methoxy groups -OCH3 is 1. The lowest BCUT2D eigenvalue weighted by atomic mass is 10.0. The van der Waals surface area contributed by atoms with Gasteiger partial charge < -0.3 is 20.7 Å². The molecule has 2 unspecified atom stereocenters. The van der Waals surface area contributed by atoms with Gasteiger partial charge in [0.2, 0.25) is 11.8 Å². The molecule has 0 spiro atoms. The standard InChI is InChI=1S/C20H32N4O3/c1-15-5-7-17(8-6-15)18(21)20(26)24-12-10-23(11-13-24)16(2)19(25)22-9-4-14-27-3/h5-8,16,18H,4,9-14,21H2,1-3H3,(H,22,25). The summed E-state index contributed by atoms with van der Waals surface area (Å²) in [4.78, 5) is 28.8. The second kappa shape index (κ2) is 10.4. The van der Waals surface area contributed by atoms with Crippen LogP contribution in [0.15, 0.2) is 24.3 Å². The summed E-state index contributed by atoms with van der Waals surface area (Å²) in [5, 5.41) is 2.93. The first-order valence-electron chi connectivity index (χ1n) is 9.55. The molecule has 0 radical (unpaired) electrons. The molecule has 1 fully saturated rings. The summed E-state index contributed by atoms with van der Waals surface area (Å²) in [7, 11) is 1.65. The molecule has 0 aliphatic carbocycles. The van der Waals surface area contributed by atoms with Gasteiger partial charge in [0.15, 0.2) is 0 Å². The SMILES string of the molecule is COCCCNC(=O)C(C)N1CCN(C(=O)C(N)c2ccc(C)cc2)CC1. The molecule has 0 aromatic heterocycles. The highest BCUT2D eigenvalue weighted by molar-refractivity contribution is 5.83. The van der Waals surface area contributed by atoms with Crippen LogP contribution in [0.25, 0.3) is 0 Å². The van der Waals surface area contributed by atoms with Crippen LogP contribution in [0.2, 0.25) is 0 Å². The zero-order valence-corrected chi connectivity index (χ0v) is 16.6. The molecule has 1 saturated heterocycles. The van der Waals surface area contributed by atoms with E-state index >= 15 is 0 Å². The molecule has 2 rings (SSSR count). The molecule has 3 N–H and O–H groups in total. The molecule has 1 aliphatic heterocycles. The van der Waals surface area contributed by atoms with Crippen molar-refractivity contribution in [1.29, 1.82) is 0 Å². The highest BCUT2D eigenvalue weighted by Gasteiger charge is 2.29. The second-order valence-electron chi connectivity index (χ2n) is 7.06. The Labute approximate surface area is 161 Å². The predicted molar refractivity (Wildman–Crippen MR) is 105 cm³/mol. The van der Waals surface area contributed by atoms with E-state index in [-0.39, 0.29) is 17.9 Å². The fourth-order valence-corrected chi connectivity index (χ4v) is 3.18. The highest BCUT2D eigenvalue weighted by atomic mass is 16.5. The Hall–Kier alpha value is -1.96. The van der Waals surface area contributed by atoms with Gasteiger partial charge in [-0.05, 0) is 25.8 Å². The Bertz CT molecular complexity index is 612. The van der Waals surface area contributed by atoms with Crippen LogP contribution in [0.3, 0.4) is 0 Å². The lowest BCUT2D eigenvalue weighted by Gasteiger charge is -2.38. The summed E-state index contributed by atoms with van der Waals surface area (Å²) < 4.78 is 4.98. The average molecular weight is 377 g/mol. The summed E-state index contributed by atoms with van der Waals surface area (Å²) in [6.07, 6.45) is 0.800. The maximum Gasteiger partial charge on any atom is 0.244 e. The Morgan fingerprint density at radius 3 is 2.41 bits per heavy atom. The summed E-state index contributed by atoms with van der Waals surface area (Å²) in [6.45, 7) is 7.65. The molecule has 1 aromatic carbocycles. The number of rotatable bonds is 8. The number of carbonyl (C=O) groups is 2. The first-order chi connectivity index (χ1) is 12.9. The van der Waals surface area contributed by atoms with E-state index in [4.69, 9.17) is 10.5 Å². The molecule has 1 aliphatic rings. The molecule has 27 heavy (non-hydrogen) atoms. The van der Waals surface area contributed by atoms with Crippen LogP contribution in [0, 0.1) is 6.92 Å². The van der Waals surface area contributed by atoms with Crippen LogP contribution in [0.5, 0.6) is 0 Å². The third-order valence-electron chi connectivity index (χ3n) is 5.08. The van der Waals surface area contributed by atoms with Crippen LogP contribution < -0.4 is 11.1 Å². The maximum atomic E-state index is 12.7. The Morgan fingerprint density at radius 1 is 1.19 bits per heavy atom. The van der Waals surface area contributed by atoms with Gasteiger partial charge in [-0.3, -0.25) is 14.5 Å². The van der Waals surface area contributed by atoms with Gasteiger partial charge in [0.1, 0.15) is 6.04 Å². The zero-order valence-electron chi connectivity index (χ0n) is 16.6. The summed E-state index contributed by atoms with van der Waals surface area (Å²) in [5.74, 6) is -0.0441. The molecule has 7 heteroatoms. The van der Waals surface area contributed by atoms with Gasteiger partial charge in [-0.25, -0.2) is 0 Å². The van der Waals surface area contributed by atoms with Gasteiger partial charge in [0.05, 0.1) is 6.04 Å². The molecule has 2 atom stereocenters. The number of piperazine rings is 1. The summed E-state index contributed by atoms with van der Waals surface area (Å²) in [6, 6.07) is 6.89. The molecule has 0 bridgehead atoms. The largest absolute Gasteiger partial charge is 0.385 e. The van der Waals surface area contributed by atoms with E-state index in [1.54, 1.807) is 12.0 Å². The van der Waals surface area contributed by atoms with Crippen molar-refractivity contribution in [3.63, 3.8) is 0 Å². The lowest BCUT2D eigenvalue weighted by Crippen LogP contribution is -2.56. The summed E-state index contributed by atoms with van der Waals surface area (Å²) >= 11 is 0. The third kappa shape index (κ3) is 6.02. The number of nitrogens with zero attached hydrogens (tertiary/aromatic N) is 2. The second-order valence-corrected chi connectivity index (χ2v) is 7.06. The quantitative estimate of drug-likeness (QED) is 0.652. The first kappa shape index (κ1) is 21.3. The number of ether oxygens (including phenoxy) is 1. The monoisotopic (exact) mass is 376 g/mol. The lowest BCUT2D eigenvalue weighted by molar-refractivity contribution is -0.135. The van der Waals surface area contributed by atoms with E-state index in [1.807, 2.05) is 38.1 Å². The van der Waals surface area contributed by atoms with Gasteiger partial charge in [-0.1, -0.05) is 29.8 Å². The highest BCUT2D eigenvalue weighted by Crippen LogP contribution is 2.16. The van der Waals surface area contributed by atoms with E-state index < -0.39 is 6.04 Å². The molecule has 0 saturated carbocycles. The number of benzene rings is 1. The molecule has 1 aromatic rings. The van der Waals surface area contributed by atoms with Gasteiger partial charge in [0, 0.05) is 46.4 Å². The van der Waals surface area contributed by atoms with Crippen molar-refractivity contribution in [3.8, 4) is 0 Å². The fraction of sp³-hybridized carbons (Fsp3) is 0.600. The maximum absolute atomic E-state index is 12.7. The molecule has 1 heterocycles. The minimum absolute atomic E-state index is 0.0160. The van der Waals surface area contributed by atoms with E-state index in [2.05, 4.69) is 10.2 Å². The van der Waals surface area contributed by atoms with Crippen LogP contribution in [0.1, 0.15) is 30.5 Å². The molecular weight excluding hydrogens is 344 g/mol. The summed E-state index contributed by atoms with van der Waals surface area (Å²) in [5.41, 5.74) is 8.13. The number of hydrogen-bond donors (Lipinski definition) is 2. The minimum atomic E-state index is -0.640. The van der Waals surface area contributed by atoms with Crippen LogP contribution in [0.4, 0.5) is 0 Å². The van der Waals surface area contributed by atoms with Crippen LogP contribution in [-0.4, -0.2) is 74.1 Å². The van der Waals surface area contributed by atoms with Crippen molar-refractivity contribution in [2.45, 2.75) is 32.4 Å². The Kier molecular flexibility index (Phi) is 8.22. The normalized spacial score (nSPS) is 17.4. The Morgan fingerprint density at radius 2 is 1.81 bits per heavy atom. The number of amides is 2. The third-order valence-corrected chi connectivity index (χ3v) is 5.08. The number of carbonyl (C=O) groups excluding carboxylic acids is 2. The van der Waals surface area contributed by atoms with E-state index in [0.717, 1.165) is 17.5 Å². The topological polar surface area (TPSA) is 87.9 Å². The van der Waals surface area contributed by atoms with E-state index in [9.17, 15) is 9.59 Å². The number of hydrogen-bond acceptors (Lipinski definition) is 5. The smallest absolute Gasteiger partial charge is 0.244 e. The van der Waals surface area contributed by atoms with Gasteiger partial charge in [-0.15, -0.1) is 0 Å². The Balaban J connectivity index is 1.80. The van der Waals surface area contributed by atoms with Crippen molar-refractivity contribution in [3.05, 3.63) is 35.4 Å². The van der Waals surface area contributed by atoms with Crippen molar-refractivity contribution in [2.24, 2.45) is 5.73 Å². The molecule has 7 nitrogen and oxygen atoms in total. The van der Waals surface area contributed by atoms with Crippen LogP contribution in [-0.2, 0) is 14.3 Å². The van der Waals surface area contributed by atoms with Crippen molar-refractivity contribution < 1.29 is 14.3 Å². The van der Waals surface area contributed by atoms with Gasteiger partial charge in [0.25, 0.3) is 0 Å². The fourth-order valence-electron chi connectivity index (χ4n) is 3.18. The average Bonchev–Trinajstić information content (AvgIpc) is 2.70. The predicted octanol–water partition coefficient (Wildman–Crippen LogP) is 0.680. The molecule has 2 amide bonds.